The second-order valence-electron chi connectivity index (χ2n) is 19.2. The third kappa shape index (κ3) is 8.10. The second-order valence-corrected chi connectivity index (χ2v) is 19.2. The van der Waals surface area contributed by atoms with Crippen LogP contribution in [0.1, 0.15) is 22.3 Å². The molecule has 12 aromatic carbocycles. The van der Waals surface area contributed by atoms with Crippen LogP contribution in [0.5, 0.6) is 0 Å². The molecule has 0 atom stereocenters. The maximum absolute atomic E-state index is 2.46. The topological polar surface area (TPSA) is 0 Å². The van der Waals surface area contributed by atoms with Gasteiger partial charge in [-0.2, -0.15) is 0 Å². The van der Waals surface area contributed by atoms with Gasteiger partial charge in [0.2, 0.25) is 0 Å². The summed E-state index contributed by atoms with van der Waals surface area (Å²) in [5.41, 5.74) is 26.1. The molecule has 0 N–H and O–H groups in total. The average molecular weight is 927 g/mol. The lowest BCUT2D eigenvalue weighted by Crippen LogP contribution is -2.28. The second kappa shape index (κ2) is 18.8. The Morgan fingerprint density at radius 1 is 0.151 bits per heavy atom. The van der Waals surface area contributed by atoms with Gasteiger partial charge in [0.15, 0.2) is 0 Å². The van der Waals surface area contributed by atoms with Crippen LogP contribution in [0.25, 0.3) is 100 Å². The summed E-state index contributed by atoms with van der Waals surface area (Å²) in [6.07, 6.45) is 0. The summed E-state index contributed by atoms with van der Waals surface area (Å²) in [6.45, 7) is 0. The van der Waals surface area contributed by atoms with Gasteiger partial charge < -0.3 is 0 Å². The molecule has 0 aromatic heterocycles. The van der Waals surface area contributed by atoms with Crippen molar-refractivity contribution in [3.05, 3.63) is 326 Å². The van der Waals surface area contributed by atoms with Crippen molar-refractivity contribution in [3.63, 3.8) is 0 Å². The van der Waals surface area contributed by atoms with Crippen molar-refractivity contribution < 1.29 is 0 Å². The van der Waals surface area contributed by atoms with Gasteiger partial charge in [-0.25, -0.2) is 0 Å². The summed E-state index contributed by atoms with van der Waals surface area (Å²) in [7, 11) is 0. The van der Waals surface area contributed by atoms with E-state index in [1.54, 1.807) is 0 Å². The number of hydrogen-bond acceptors (Lipinski definition) is 0. The Morgan fingerprint density at radius 3 is 0.740 bits per heavy atom. The highest BCUT2D eigenvalue weighted by Gasteiger charge is 2.46. The highest BCUT2D eigenvalue weighted by Crippen LogP contribution is 2.57. The van der Waals surface area contributed by atoms with Crippen molar-refractivity contribution in [2.24, 2.45) is 0 Å². The molecule has 0 fully saturated rings. The Hall–Kier alpha value is -9.36. The largest absolute Gasteiger partial charge is 0.0713 e. The smallest absolute Gasteiger partial charge is 0.0622 e. The molecular weight excluding hydrogens is 877 g/mol. The first-order chi connectivity index (χ1) is 36.2. The molecule has 0 saturated heterocycles. The predicted molar refractivity (Wildman–Crippen MR) is 307 cm³/mol. The highest BCUT2D eigenvalue weighted by molar-refractivity contribution is 5.89. The predicted octanol–water partition coefficient (Wildman–Crippen LogP) is 19.4. The summed E-state index contributed by atoms with van der Waals surface area (Å²) in [6, 6.07) is 112. The SMILES string of the molecule is c1ccc(-c2cccc(-c3cc(-c4ccccc4)cc(-c4cccc(C5(c6cccc(-c7cccc(-c8cc(-c9ccccc9)cc(-c9ccccc9)c8)c7)c6)c6ccccc6-c6ccccc65)c4)c3)c2)cc1. The molecule has 0 amide bonds. The van der Waals surface area contributed by atoms with Crippen LogP contribution >= 0.6 is 0 Å². The van der Waals surface area contributed by atoms with Crippen molar-refractivity contribution in [3.8, 4) is 100 Å². The van der Waals surface area contributed by atoms with Gasteiger partial charge in [-0.3, -0.25) is 0 Å². The molecule has 0 unspecified atom stereocenters. The molecule has 1 aliphatic rings. The van der Waals surface area contributed by atoms with E-state index in [9.17, 15) is 0 Å². The Balaban J connectivity index is 0.964. The zero-order chi connectivity index (χ0) is 48.6. The summed E-state index contributed by atoms with van der Waals surface area (Å²) in [5, 5.41) is 0. The van der Waals surface area contributed by atoms with Crippen LogP contribution in [0, 0.1) is 0 Å². The number of benzene rings is 12. The van der Waals surface area contributed by atoms with E-state index in [4.69, 9.17) is 0 Å². The molecule has 0 aliphatic heterocycles. The molecule has 1 aliphatic carbocycles. The summed E-state index contributed by atoms with van der Waals surface area (Å²) in [4.78, 5) is 0. The Labute approximate surface area is 428 Å². The van der Waals surface area contributed by atoms with Crippen molar-refractivity contribution in [1.29, 1.82) is 0 Å². The molecule has 13 rings (SSSR count). The van der Waals surface area contributed by atoms with E-state index in [1.165, 1.54) is 122 Å². The minimum atomic E-state index is -0.602. The fraction of sp³-hybridized carbons (Fsp3) is 0.0137. The van der Waals surface area contributed by atoms with Crippen molar-refractivity contribution in [2.45, 2.75) is 5.41 Å². The van der Waals surface area contributed by atoms with Crippen LogP contribution in [0.15, 0.2) is 303 Å². The normalized spacial score (nSPS) is 12.2. The molecule has 0 bridgehead atoms. The van der Waals surface area contributed by atoms with E-state index in [0.717, 1.165) is 0 Å². The molecule has 0 radical (unpaired) electrons. The van der Waals surface area contributed by atoms with Crippen LogP contribution in [0.4, 0.5) is 0 Å². The lowest BCUT2D eigenvalue weighted by molar-refractivity contribution is 0.769. The van der Waals surface area contributed by atoms with Crippen LogP contribution in [-0.4, -0.2) is 0 Å². The van der Waals surface area contributed by atoms with Crippen molar-refractivity contribution in [2.75, 3.05) is 0 Å². The number of hydrogen-bond donors (Lipinski definition) is 0. The Kier molecular flexibility index (Phi) is 11.2. The summed E-state index contributed by atoms with van der Waals surface area (Å²) >= 11 is 0. The number of rotatable bonds is 10. The van der Waals surface area contributed by atoms with Gasteiger partial charge in [0.1, 0.15) is 0 Å². The van der Waals surface area contributed by atoms with E-state index in [0.29, 0.717) is 0 Å². The first-order valence-corrected chi connectivity index (χ1v) is 25.3. The monoisotopic (exact) mass is 926 g/mol. The van der Waals surface area contributed by atoms with Crippen LogP contribution in [0.3, 0.4) is 0 Å². The fourth-order valence-electron chi connectivity index (χ4n) is 11.4. The molecule has 0 saturated carbocycles. The summed E-state index contributed by atoms with van der Waals surface area (Å²) < 4.78 is 0. The number of fused-ring (bicyclic) bond motifs is 3. The van der Waals surface area contributed by atoms with E-state index < -0.39 is 5.41 Å². The van der Waals surface area contributed by atoms with Crippen molar-refractivity contribution in [1.82, 2.24) is 0 Å². The standard InChI is InChI=1S/C73H50/c1-5-21-51(22-6-1)55-29-17-31-57(41-55)65-46-63(54-27-11-4-12-28-54)47-66(48-65)60-34-20-36-68(50-60)73(71-39-15-13-37-69(71)70-38-14-16-40-72(70)73)67-35-19-33-59(49-67)56-30-18-32-58(42-56)64-44-61(52-23-7-2-8-24-52)43-62(45-64)53-25-9-3-10-26-53/h1-50H. The van der Waals surface area contributed by atoms with Gasteiger partial charge in [0.05, 0.1) is 5.41 Å². The lowest BCUT2D eigenvalue weighted by atomic mass is 9.67. The van der Waals surface area contributed by atoms with Gasteiger partial charge in [-0.15, -0.1) is 0 Å². The third-order valence-electron chi connectivity index (χ3n) is 14.9. The van der Waals surface area contributed by atoms with E-state index in [2.05, 4.69) is 303 Å². The van der Waals surface area contributed by atoms with Crippen LogP contribution < -0.4 is 0 Å². The lowest BCUT2D eigenvalue weighted by Gasteiger charge is -2.34. The quantitative estimate of drug-likeness (QED) is 0.128. The molecule has 0 spiro atoms. The Morgan fingerprint density at radius 2 is 0.370 bits per heavy atom. The highest BCUT2D eigenvalue weighted by atomic mass is 14.5. The molecule has 0 heterocycles. The fourth-order valence-corrected chi connectivity index (χ4v) is 11.4. The molecular formula is C73H50. The first-order valence-electron chi connectivity index (χ1n) is 25.3. The van der Waals surface area contributed by atoms with Gasteiger partial charge in [0, 0.05) is 0 Å². The van der Waals surface area contributed by atoms with Gasteiger partial charge in [-0.05, 0) is 183 Å². The average Bonchev–Trinajstić information content (AvgIpc) is 3.81. The minimum absolute atomic E-state index is 0.602. The minimum Gasteiger partial charge on any atom is -0.0622 e. The van der Waals surface area contributed by atoms with Crippen molar-refractivity contribution >= 4 is 0 Å². The molecule has 342 valence electrons. The van der Waals surface area contributed by atoms with E-state index >= 15 is 0 Å². The van der Waals surface area contributed by atoms with Gasteiger partial charge >= 0.3 is 0 Å². The van der Waals surface area contributed by atoms with E-state index in [1.807, 2.05) is 0 Å². The first kappa shape index (κ1) is 43.6. The zero-order valence-electron chi connectivity index (χ0n) is 40.4. The Bertz CT molecular complexity index is 3840. The third-order valence-corrected chi connectivity index (χ3v) is 14.9. The van der Waals surface area contributed by atoms with E-state index in [-0.39, 0.29) is 0 Å². The molecule has 73 heavy (non-hydrogen) atoms. The maximum atomic E-state index is 2.46. The van der Waals surface area contributed by atoms with Gasteiger partial charge in [-0.1, -0.05) is 243 Å². The van der Waals surface area contributed by atoms with Crippen LogP contribution in [0.2, 0.25) is 0 Å². The summed E-state index contributed by atoms with van der Waals surface area (Å²) in [5.74, 6) is 0. The van der Waals surface area contributed by atoms with Gasteiger partial charge in [0.25, 0.3) is 0 Å². The molecule has 0 nitrogen and oxygen atoms in total. The van der Waals surface area contributed by atoms with Crippen LogP contribution in [-0.2, 0) is 5.41 Å². The molecule has 0 heteroatoms. The maximum Gasteiger partial charge on any atom is 0.0713 e. The zero-order valence-corrected chi connectivity index (χ0v) is 40.4. The molecule has 12 aromatic rings.